The van der Waals surface area contributed by atoms with Gasteiger partial charge in [-0.2, -0.15) is 0 Å². The summed E-state index contributed by atoms with van der Waals surface area (Å²) in [5.74, 6) is 6.77. The molecule has 0 aromatic heterocycles. The normalized spacial score (nSPS) is 44.0. The minimum Gasteiger partial charge on any atom is -0.399 e. The van der Waals surface area contributed by atoms with Crippen LogP contribution in [0.5, 0.6) is 0 Å². The molecule has 4 saturated carbocycles. The molecule has 5 aliphatic rings. The van der Waals surface area contributed by atoms with Crippen LogP contribution >= 0.6 is 0 Å². The lowest BCUT2D eigenvalue weighted by atomic mass is 9.45. The zero-order chi connectivity index (χ0) is 27.0. The lowest BCUT2D eigenvalue weighted by Gasteiger charge is -2.59. The van der Waals surface area contributed by atoms with Crippen LogP contribution in [0.15, 0.2) is 29.8 Å². The summed E-state index contributed by atoms with van der Waals surface area (Å²) in [6.07, 6.45) is 18.5. The van der Waals surface area contributed by atoms with Gasteiger partial charge in [-0.15, -0.1) is 0 Å². The van der Waals surface area contributed by atoms with E-state index in [-0.39, 0.29) is 0 Å². The average molecular weight is 517 g/mol. The second-order valence-corrected chi connectivity index (χ2v) is 15.6. The van der Waals surface area contributed by atoms with Crippen molar-refractivity contribution in [3.8, 4) is 0 Å². The van der Waals surface area contributed by atoms with Crippen molar-refractivity contribution in [3.63, 3.8) is 0 Å². The smallest absolute Gasteiger partial charge is 0.0370 e. The molecule has 0 aliphatic heterocycles. The Bertz CT molecular complexity index is 1090. The Kier molecular flexibility index (Phi) is 6.55. The molecular formula is C36H56N2. The maximum atomic E-state index is 6.55. The Morgan fingerprint density at radius 3 is 2.39 bits per heavy atom. The molecular weight excluding hydrogens is 460 g/mol. The van der Waals surface area contributed by atoms with Crippen molar-refractivity contribution in [2.75, 3.05) is 11.5 Å². The van der Waals surface area contributed by atoms with E-state index < -0.39 is 0 Å². The summed E-state index contributed by atoms with van der Waals surface area (Å²) < 4.78 is 0. The molecule has 38 heavy (non-hydrogen) atoms. The van der Waals surface area contributed by atoms with Gasteiger partial charge in [-0.1, -0.05) is 78.5 Å². The molecule has 210 valence electrons. The van der Waals surface area contributed by atoms with Gasteiger partial charge < -0.3 is 11.5 Å². The number of hydrogen-bond acceptors (Lipinski definition) is 2. The summed E-state index contributed by atoms with van der Waals surface area (Å²) in [6.45, 7) is 15.2. The summed E-state index contributed by atoms with van der Waals surface area (Å²) in [7, 11) is 0. The second kappa shape index (κ2) is 9.31. The quantitative estimate of drug-likeness (QED) is 0.280. The highest BCUT2D eigenvalue weighted by Crippen LogP contribution is 2.80. The molecule has 1 aromatic rings. The predicted molar refractivity (Wildman–Crippen MR) is 163 cm³/mol. The Morgan fingerprint density at radius 2 is 1.68 bits per heavy atom. The molecule has 0 saturated heterocycles. The zero-order valence-electron chi connectivity index (χ0n) is 25.4. The van der Waals surface area contributed by atoms with Crippen LogP contribution in [0.3, 0.4) is 0 Å². The van der Waals surface area contributed by atoms with Crippen molar-refractivity contribution in [3.05, 3.63) is 35.4 Å². The van der Waals surface area contributed by atoms with E-state index in [0.717, 1.165) is 52.8 Å². The standard InChI is InChI=1S/C36H56N2/c1-7-36-20-18-28-25(29(36)15-14-27(36)23(4)10-8-9-22(2)3)13-16-32-34(28,5)19-17-30-33(35(30,32)6)26-12-11-24(37)21-31(26)38/h11-12,16,21-23,25,27-30,33H,7-10,13-15,17-20,37-38H2,1-6H3. The average Bonchev–Trinajstić information content (AvgIpc) is 3.28. The Labute approximate surface area is 233 Å². The molecule has 4 fully saturated rings. The van der Waals surface area contributed by atoms with Gasteiger partial charge in [0.1, 0.15) is 0 Å². The highest BCUT2D eigenvalue weighted by Gasteiger charge is 2.71. The second-order valence-electron chi connectivity index (χ2n) is 15.6. The molecule has 2 heteroatoms. The molecule has 0 spiro atoms. The molecule has 4 N–H and O–H groups in total. The summed E-state index contributed by atoms with van der Waals surface area (Å²) in [6, 6.07) is 6.29. The number of nitrogen functional groups attached to an aromatic ring is 2. The van der Waals surface area contributed by atoms with Crippen LogP contribution in [-0.2, 0) is 0 Å². The molecule has 0 radical (unpaired) electrons. The summed E-state index contributed by atoms with van der Waals surface area (Å²) in [5.41, 5.74) is 18.8. The van der Waals surface area contributed by atoms with Crippen molar-refractivity contribution in [1.82, 2.24) is 0 Å². The third-order valence-electron chi connectivity index (χ3n) is 13.7. The molecule has 6 rings (SSSR count). The minimum absolute atomic E-state index is 0.296. The fourth-order valence-corrected chi connectivity index (χ4v) is 12.0. The molecule has 1 aromatic carbocycles. The Balaban J connectivity index is 1.26. The van der Waals surface area contributed by atoms with Crippen LogP contribution in [0, 0.1) is 57.7 Å². The first-order chi connectivity index (χ1) is 18.1. The Hall–Kier alpha value is -1.44. The predicted octanol–water partition coefficient (Wildman–Crippen LogP) is 9.61. The van der Waals surface area contributed by atoms with Crippen molar-refractivity contribution >= 4 is 11.4 Å². The molecule has 10 unspecified atom stereocenters. The number of allylic oxidation sites excluding steroid dienone is 2. The fraction of sp³-hybridized carbons (Fsp3) is 0.778. The number of hydrogen-bond donors (Lipinski definition) is 2. The van der Waals surface area contributed by atoms with Gasteiger partial charge in [-0.25, -0.2) is 0 Å². The number of anilines is 2. The van der Waals surface area contributed by atoms with Crippen molar-refractivity contribution in [2.24, 2.45) is 57.7 Å². The number of fused-ring (bicyclic) bond motifs is 7. The molecule has 0 heterocycles. The molecule has 0 bridgehead atoms. The topological polar surface area (TPSA) is 52.0 Å². The van der Waals surface area contributed by atoms with E-state index in [1.54, 1.807) is 0 Å². The first-order valence-electron chi connectivity index (χ1n) is 16.4. The van der Waals surface area contributed by atoms with Gasteiger partial charge in [-0.05, 0) is 133 Å². The highest BCUT2D eigenvalue weighted by atomic mass is 14.8. The first kappa shape index (κ1) is 26.8. The van der Waals surface area contributed by atoms with Gasteiger partial charge in [0.15, 0.2) is 0 Å². The summed E-state index contributed by atoms with van der Waals surface area (Å²) >= 11 is 0. The van der Waals surface area contributed by atoms with Crippen molar-refractivity contribution in [2.45, 2.75) is 118 Å². The van der Waals surface area contributed by atoms with Crippen LogP contribution < -0.4 is 11.5 Å². The van der Waals surface area contributed by atoms with Crippen molar-refractivity contribution in [1.29, 1.82) is 0 Å². The minimum atomic E-state index is 0.296. The molecule has 0 amide bonds. The molecule has 2 nitrogen and oxygen atoms in total. The number of rotatable bonds is 7. The third-order valence-corrected chi connectivity index (χ3v) is 13.7. The number of nitrogens with two attached hydrogens (primary N) is 2. The van der Waals surface area contributed by atoms with E-state index in [1.165, 1.54) is 76.2 Å². The highest BCUT2D eigenvalue weighted by molar-refractivity contribution is 5.62. The van der Waals surface area contributed by atoms with Crippen LogP contribution in [0.25, 0.3) is 0 Å². The van der Waals surface area contributed by atoms with Gasteiger partial charge in [-0.3, -0.25) is 0 Å². The van der Waals surface area contributed by atoms with Gasteiger partial charge in [0.25, 0.3) is 0 Å². The van der Waals surface area contributed by atoms with E-state index in [4.69, 9.17) is 11.5 Å². The molecule has 5 aliphatic carbocycles. The Morgan fingerprint density at radius 1 is 0.921 bits per heavy atom. The van der Waals surface area contributed by atoms with Gasteiger partial charge >= 0.3 is 0 Å². The van der Waals surface area contributed by atoms with Crippen LogP contribution in [-0.4, -0.2) is 0 Å². The lowest BCUT2D eigenvalue weighted by Crippen LogP contribution is -2.51. The van der Waals surface area contributed by atoms with Crippen LogP contribution in [0.1, 0.15) is 124 Å². The maximum absolute atomic E-state index is 6.55. The zero-order valence-corrected chi connectivity index (χ0v) is 25.4. The molecule has 10 atom stereocenters. The van der Waals surface area contributed by atoms with E-state index in [2.05, 4.69) is 59.8 Å². The van der Waals surface area contributed by atoms with E-state index in [9.17, 15) is 0 Å². The van der Waals surface area contributed by atoms with Crippen molar-refractivity contribution < 1.29 is 0 Å². The van der Waals surface area contributed by atoms with Gasteiger partial charge in [0, 0.05) is 11.4 Å². The van der Waals surface area contributed by atoms with Crippen LogP contribution in [0.4, 0.5) is 11.4 Å². The first-order valence-corrected chi connectivity index (χ1v) is 16.4. The summed E-state index contributed by atoms with van der Waals surface area (Å²) in [5, 5.41) is 0. The van der Waals surface area contributed by atoms with E-state index in [0.29, 0.717) is 22.2 Å². The SMILES string of the molecule is CCC12CCC3C(CC=C4C3(C)CCC3C(c5ccc(N)cc5N)C43C)C1CCC2C(C)CCCC(C)C. The van der Waals surface area contributed by atoms with Gasteiger partial charge in [0.2, 0.25) is 0 Å². The maximum Gasteiger partial charge on any atom is 0.0370 e. The lowest BCUT2D eigenvalue weighted by molar-refractivity contribution is -0.0655. The van der Waals surface area contributed by atoms with E-state index >= 15 is 0 Å². The summed E-state index contributed by atoms with van der Waals surface area (Å²) in [4.78, 5) is 0. The largest absolute Gasteiger partial charge is 0.399 e. The van der Waals surface area contributed by atoms with E-state index in [1.807, 2.05) is 11.6 Å². The fourth-order valence-electron chi connectivity index (χ4n) is 12.0. The third kappa shape index (κ3) is 3.70. The monoisotopic (exact) mass is 516 g/mol. The number of benzene rings is 1. The van der Waals surface area contributed by atoms with Crippen LogP contribution in [0.2, 0.25) is 0 Å². The van der Waals surface area contributed by atoms with Gasteiger partial charge in [0.05, 0.1) is 0 Å².